The normalized spacial score (nSPS) is 17.8. The molecule has 1 aliphatic rings. The van der Waals surface area contributed by atoms with E-state index in [0.717, 1.165) is 18.9 Å². The third-order valence-electron chi connectivity index (χ3n) is 3.62. The van der Waals surface area contributed by atoms with Gasteiger partial charge in [-0.3, -0.25) is 0 Å². The van der Waals surface area contributed by atoms with Crippen LogP contribution in [0.3, 0.4) is 0 Å². The van der Waals surface area contributed by atoms with Crippen molar-refractivity contribution >= 4 is 23.2 Å². The lowest BCUT2D eigenvalue weighted by Crippen LogP contribution is -2.41. The molecule has 2 rings (SSSR count). The highest BCUT2D eigenvalue weighted by Crippen LogP contribution is 2.32. The van der Waals surface area contributed by atoms with Crippen LogP contribution in [0.4, 0.5) is 0 Å². The number of rotatable bonds is 5. The van der Waals surface area contributed by atoms with Gasteiger partial charge in [0.2, 0.25) is 0 Å². The molecule has 0 spiro atoms. The molecule has 0 aromatic heterocycles. The Morgan fingerprint density at radius 2 is 2.06 bits per heavy atom. The molecular formula is C14H19Cl2N. The van der Waals surface area contributed by atoms with E-state index in [-0.39, 0.29) is 0 Å². The van der Waals surface area contributed by atoms with Crippen LogP contribution in [0, 0.1) is 5.92 Å². The van der Waals surface area contributed by atoms with Crippen LogP contribution in [0.2, 0.25) is 10.0 Å². The second-order valence-corrected chi connectivity index (χ2v) is 5.62. The van der Waals surface area contributed by atoms with E-state index in [9.17, 15) is 0 Å². The molecular weight excluding hydrogens is 253 g/mol. The maximum Gasteiger partial charge on any atom is 0.0595 e. The van der Waals surface area contributed by atoms with Crippen LogP contribution in [0.5, 0.6) is 0 Å². The first kappa shape index (κ1) is 13.2. The molecule has 0 aliphatic heterocycles. The van der Waals surface area contributed by atoms with Crippen molar-refractivity contribution in [3.8, 4) is 0 Å². The van der Waals surface area contributed by atoms with Gasteiger partial charge >= 0.3 is 0 Å². The van der Waals surface area contributed by atoms with Crippen molar-refractivity contribution in [1.29, 1.82) is 0 Å². The van der Waals surface area contributed by atoms with Crippen molar-refractivity contribution in [2.75, 3.05) is 6.54 Å². The van der Waals surface area contributed by atoms with Gasteiger partial charge < -0.3 is 5.32 Å². The van der Waals surface area contributed by atoms with Crippen LogP contribution in [0.25, 0.3) is 0 Å². The highest BCUT2D eigenvalue weighted by Gasteiger charge is 2.26. The van der Waals surface area contributed by atoms with Crippen molar-refractivity contribution in [3.63, 3.8) is 0 Å². The minimum atomic E-state index is 0.589. The molecule has 17 heavy (non-hydrogen) atoms. The lowest BCUT2D eigenvalue weighted by molar-refractivity contribution is 0.229. The molecule has 94 valence electrons. The van der Waals surface area contributed by atoms with Gasteiger partial charge in [0.1, 0.15) is 0 Å². The monoisotopic (exact) mass is 271 g/mol. The first-order chi connectivity index (χ1) is 8.20. The third kappa shape index (κ3) is 3.37. The van der Waals surface area contributed by atoms with Gasteiger partial charge in [-0.05, 0) is 49.4 Å². The molecule has 1 unspecified atom stereocenters. The topological polar surface area (TPSA) is 12.0 Å². The molecule has 1 nitrogen and oxygen atoms in total. The summed E-state index contributed by atoms with van der Waals surface area (Å²) in [6, 6.07) is 6.55. The van der Waals surface area contributed by atoms with Crippen LogP contribution in [-0.2, 0) is 6.42 Å². The van der Waals surface area contributed by atoms with Gasteiger partial charge in [-0.15, -0.1) is 0 Å². The Hall–Kier alpha value is -0.240. The fourth-order valence-corrected chi connectivity index (χ4v) is 2.75. The number of hydrogen-bond acceptors (Lipinski definition) is 1. The van der Waals surface area contributed by atoms with Gasteiger partial charge in [-0.1, -0.05) is 42.6 Å². The summed E-state index contributed by atoms with van der Waals surface area (Å²) in [6.45, 7) is 3.20. The quantitative estimate of drug-likeness (QED) is 0.842. The Labute approximate surface area is 114 Å². The Kier molecular flexibility index (Phi) is 4.72. The van der Waals surface area contributed by atoms with E-state index in [1.54, 1.807) is 0 Å². The van der Waals surface area contributed by atoms with Crippen molar-refractivity contribution < 1.29 is 0 Å². The number of hydrogen-bond donors (Lipinski definition) is 1. The van der Waals surface area contributed by atoms with E-state index < -0.39 is 0 Å². The van der Waals surface area contributed by atoms with E-state index in [1.807, 2.05) is 12.1 Å². The van der Waals surface area contributed by atoms with E-state index in [4.69, 9.17) is 23.2 Å². The molecule has 0 saturated heterocycles. The first-order valence-electron chi connectivity index (χ1n) is 6.38. The van der Waals surface area contributed by atoms with Gasteiger partial charge in [0, 0.05) is 6.04 Å². The minimum Gasteiger partial charge on any atom is -0.314 e. The zero-order valence-electron chi connectivity index (χ0n) is 10.2. The van der Waals surface area contributed by atoms with Gasteiger partial charge in [0.05, 0.1) is 10.0 Å². The van der Waals surface area contributed by atoms with Crippen molar-refractivity contribution in [1.82, 2.24) is 5.32 Å². The largest absolute Gasteiger partial charge is 0.314 e. The fourth-order valence-electron chi connectivity index (χ4n) is 2.43. The molecule has 1 N–H and O–H groups in total. The number of likely N-dealkylation sites (N-methyl/N-ethyl adjacent to an activating group) is 1. The lowest BCUT2D eigenvalue weighted by Gasteiger charge is -2.34. The van der Waals surface area contributed by atoms with Crippen molar-refractivity contribution in [2.24, 2.45) is 5.92 Å². The van der Waals surface area contributed by atoms with Crippen molar-refractivity contribution in [3.05, 3.63) is 33.8 Å². The highest BCUT2D eigenvalue weighted by molar-refractivity contribution is 6.42. The van der Waals surface area contributed by atoms with E-state index in [2.05, 4.69) is 18.3 Å². The molecule has 1 aromatic carbocycles. The fraction of sp³-hybridized carbons (Fsp3) is 0.571. The van der Waals surface area contributed by atoms with Crippen LogP contribution in [0.1, 0.15) is 31.7 Å². The van der Waals surface area contributed by atoms with Crippen LogP contribution < -0.4 is 5.32 Å². The molecule has 3 heteroatoms. The summed E-state index contributed by atoms with van der Waals surface area (Å²) in [5.41, 5.74) is 1.28. The zero-order chi connectivity index (χ0) is 12.3. The zero-order valence-corrected chi connectivity index (χ0v) is 11.7. The number of halogens is 2. The van der Waals surface area contributed by atoms with Gasteiger partial charge in [0.25, 0.3) is 0 Å². The maximum absolute atomic E-state index is 6.05. The smallest absolute Gasteiger partial charge is 0.0595 e. The molecule has 1 aliphatic carbocycles. The summed E-state index contributed by atoms with van der Waals surface area (Å²) in [5.74, 6) is 0.837. The van der Waals surface area contributed by atoms with Crippen LogP contribution in [-0.4, -0.2) is 12.6 Å². The summed E-state index contributed by atoms with van der Waals surface area (Å²) in [6.07, 6.45) is 5.15. The summed E-state index contributed by atoms with van der Waals surface area (Å²) in [4.78, 5) is 0. The Morgan fingerprint density at radius 3 is 2.59 bits per heavy atom. The molecule has 0 radical (unpaired) electrons. The Balaban J connectivity index is 2.02. The first-order valence-corrected chi connectivity index (χ1v) is 7.13. The lowest BCUT2D eigenvalue weighted by atomic mass is 9.77. The summed E-state index contributed by atoms with van der Waals surface area (Å²) < 4.78 is 0. The SMILES string of the molecule is CCNC(Cc1ccc(Cl)c(Cl)c1)C1CCC1. The Morgan fingerprint density at radius 1 is 1.29 bits per heavy atom. The van der Waals surface area contributed by atoms with E-state index in [0.29, 0.717) is 16.1 Å². The second-order valence-electron chi connectivity index (χ2n) is 4.81. The minimum absolute atomic E-state index is 0.589. The molecule has 1 atom stereocenters. The summed E-state index contributed by atoms with van der Waals surface area (Å²) in [7, 11) is 0. The molecule has 1 aromatic rings. The van der Waals surface area contributed by atoms with Crippen LogP contribution in [0.15, 0.2) is 18.2 Å². The summed E-state index contributed by atoms with van der Waals surface area (Å²) in [5, 5.41) is 4.89. The predicted molar refractivity (Wildman–Crippen MR) is 75.0 cm³/mol. The second kappa shape index (κ2) is 6.08. The molecule has 0 bridgehead atoms. The number of nitrogens with one attached hydrogen (secondary N) is 1. The van der Waals surface area contributed by atoms with Crippen LogP contribution >= 0.6 is 23.2 Å². The third-order valence-corrected chi connectivity index (χ3v) is 4.36. The molecule has 1 saturated carbocycles. The highest BCUT2D eigenvalue weighted by atomic mass is 35.5. The molecule has 0 amide bonds. The maximum atomic E-state index is 6.05. The predicted octanol–water partition coefficient (Wildman–Crippen LogP) is 4.31. The number of benzene rings is 1. The Bertz CT molecular complexity index is 374. The van der Waals surface area contributed by atoms with Gasteiger partial charge in [-0.2, -0.15) is 0 Å². The molecule has 0 heterocycles. The average Bonchev–Trinajstić information content (AvgIpc) is 2.21. The van der Waals surface area contributed by atoms with Gasteiger partial charge in [0.15, 0.2) is 0 Å². The van der Waals surface area contributed by atoms with Gasteiger partial charge in [-0.25, -0.2) is 0 Å². The average molecular weight is 272 g/mol. The van der Waals surface area contributed by atoms with Crippen molar-refractivity contribution in [2.45, 2.75) is 38.6 Å². The van der Waals surface area contributed by atoms with E-state index in [1.165, 1.54) is 24.8 Å². The summed E-state index contributed by atoms with van der Waals surface area (Å²) >= 11 is 12.0. The van der Waals surface area contributed by atoms with E-state index >= 15 is 0 Å². The standard InChI is InChI=1S/C14H19Cl2N/c1-2-17-14(11-4-3-5-11)9-10-6-7-12(15)13(16)8-10/h6-8,11,14,17H,2-5,9H2,1H3. The molecule has 1 fully saturated rings.